The van der Waals surface area contributed by atoms with Gasteiger partial charge >= 0.3 is 0 Å². The number of rotatable bonds is 2. The van der Waals surface area contributed by atoms with Crippen LogP contribution >= 0.6 is 11.3 Å². The van der Waals surface area contributed by atoms with Gasteiger partial charge in [0, 0.05) is 27.0 Å². The van der Waals surface area contributed by atoms with Crippen LogP contribution in [0.3, 0.4) is 0 Å². The van der Waals surface area contributed by atoms with Crippen molar-refractivity contribution in [1.29, 1.82) is 0 Å². The van der Waals surface area contributed by atoms with Gasteiger partial charge in [0.05, 0.1) is 5.69 Å². The fraction of sp³-hybridized carbons (Fsp3) is 0.167. The highest BCUT2D eigenvalue weighted by molar-refractivity contribution is 7.19. The highest BCUT2D eigenvalue weighted by atomic mass is 32.1. The summed E-state index contributed by atoms with van der Waals surface area (Å²) in [7, 11) is 0. The standard InChI is InChI=1S/C30H23NOS/c1-18-14-16-19(17-15-18)25-26-22-11-7-13-24(22)33-30(26)31-28-21-10-5-6-12-23(21)32-29(27(25)28)20-8-3-2-4-9-20/h2-6,8-10,12,14-17,29H,7,11,13H2,1H3. The van der Waals surface area contributed by atoms with Gasteiger partial charge in [-0.2, -0.15) is 0 Å². The third kappa shape index (κ3) is 2.89. The van der Waals surface area contributed by atoms with E-state index in [1.165, 1.54) is 50.9 Å². The number of aryl methyl sites for hydroxylation is 3. The third-order valence-corrected chi connectivity index (χ3v) is 8.17. The Labute approximate surface area is 197 Å². The smallest absolute Gasteiger partial charge is 0.152 e. The summed E-state index contributed by atoms with van der Waals surface area (Å²) in [5.74, 6) is 0.907. The van der Waals surface area contributed by atoms with Crippen molar-refractivity contribution in [1.82, 2.24) is 4.98 Å². The molecule has 2 nitrogen and oxygen atoms in total. The Morgan fingerprint density at radius 2 is 1.67 bits per heavy atom. The fourth-order valence-corrected chi connectivity index (χ4v) is 6.71. The van der Waals surface area contributed by atoms with Crippen LogP contribution in [0.15, 0.2) is 78.9 Å². The van der Waals surface area contributed by atoms with Crippen LogP contribution in [0.1, 0.15) is 39.7 Å². The maximum absolute atomic E-state index is 6.74. The summed E-state index contributed by atoms with van der Waals surface area (Å²) in [6, 6.07) is 27.9. The van der Waals surface area contributed by atoms with Crippen molar-refractivity contribution in [3.05, 3.63) is 106 Å². The van der Waals surface area contributed by atoms with Gasteiger partial charge in [-0.25, -0.2) is 4.98 Å². The van der Waals surface area contributed by atoms with Gasteiger partial charge in [-0.15, -0.1) is 11.3 Å². The van der Waals surface area contributed by atoms with Crippen molar-refractivity contribution in [2.45, 2.75) is 32.3 Å². The van der Waals surface area contributed by atoms with Gasteiger partial charge in [0.2, 0.25) is 0 Å². The van der Waals surface area contributed by atoms with E-state index in [9.17, 15) is 0 Å². The zero-order chi connectivity index (χ0) is 21.9. The Morgan fingerprint density at radius 3 is 2.52 bits per heavy atom. The number of benzene rings is 3. The van der Waals surface area contributed by atoms with Gasteiger partial charge < -0.3 is 4.74 Å². The molecule has 3 heterocycles. The predicted molar refractivity (Wildman–Crippen MR) is 136 cm³/mol. The Morgan fingerprint density at radius 1 is 0.879 bits per heavy atom. The molecule has 2 aliphatic rings. The molecule has 0 bridgehead atoms. The first-order valence-electron chi connectivity index (χ1n) is 11.6. The van der Waals surface area contributed by atoms with E-state index < -0.39 is 0 Å². The van der Waals surface area contributed by atoms with Gasteiger partial charge in [-0.05, 0) is 55.0 Å². The van der Waals surface area contributed by atoms with Gasteiger partial charge in [-0.3, -0.25) is 0 Å². The minimum atomic E-state index is -0.193. The SMILES string of the molecule is Cc1ccc(-c2c3c(nc4sc5c(c24)CCC5)-c2ccccc2OC3c2ccccc2)cc1. The summed E-state index contributed by atoms with van der Waals surface area (Å²) in [5, 5.41) is 1.35. The molecule has 0 spiro atoms. The lowest BCUT2D eigenvalue weighted by molar-refractivity contribution is 0.243. The lowest BCUT2D eigenvalue weighted by Gasteiger charge is -2.31. The molecule has 3 aromatic carbocycles. The third-order valence-electron chi connectivity index (χ3n) is 6.98. The number of pyridine rings is 1. The molecule has 1 atom stereocenters. The molecule has 1 unspecified atom stereocenters. The monoisotopic (exact) mass is 445 g/mol. The Bertz CT molecular complexity index is 1520. The Kier molecular flexibility index (Phi) is 4.22. The van der Waals surface area contributed by atoms with E-state index in [1.54, 1.807) is 0 Å². The molecular formula is C30H23NOS. The lowest BCUT2D eigenvalue weighted by Crippen LogP contribution is -2.18. The van der Waals surface area contributed by atoms with E-state index in [-0.39, 0.29) is 6.10 Å². The molecule has 0 saturated heterocycles. The average molecular weight is 446 g/mol. The number of para-hydroxylation sites is 1. The first kappa shape index (κ1) is 19.1. The quantitative estimate of drug-likeness (QED) is 0.275. The lowest BCUT2D eigenvalue weighted by atomic mass is 9.85. The largest absolute Gasteiger partial charge is 0.480 e. The van der Waals surface area contributed by atoms with Crippen molar-refractivity contribution >= 4 is 21.6 Å². The molecule has 2 aromatic heterocycles. The second-order valence-electron chi connectivity index (χ2n) is 9.06. The number of nitrogens with zero attached hydrogens (tertiary/aromatic N) is 1. The molecular weight excluding hydrogens is 422 g/mol. The predicted octanol–water partition coefficient (Wildman–Crippen LogP) is 7.91. The molecule has 5 aromatic rings. The molecule has 1 aliphatic heterocycles. The second kappa shape index (κ2) is 7.29. The van der Waals surface area contributed by atoms with Crippen molar-refractivity contribution in [2.75, 3.05) is 0 Å². The van der Waals surface area contributed by atoms with Gasteiger partial charge in [0.15, 0.2) is 6.10 Å². The van der Waals surface area contributed by atoms with Crippen LogP contribution < -0.4 is 4.74 Å². The van der Waals surface area contributed by atoms with E-state index >= 15 is 0 Å². The van der Waals surface area contributed by atoms with E-state index in [4.69, 9.17) is 9.72 Å². The van der Waals surface area contributed by atoms with Crippen LogP contribution in [0.25, 0.3) is 32.6 Å². The summed E-state index contributed by atoms with van der Waals surface area (Å²) in [5.41, 5.74) is 9.84. The van der Waals surface area contributed by atoms with E-state index in [0.29, 0.717) is 0 Å². The van der Waals surface area contributed by atoms with Crippen LogP contribution in [-0.4, -0.2) is 4.98 Å². The molecule has 3 heteroatoms. The van der Waals surface area contributed by atoms with Crippen LogP contribution in [0.2, 0.25) is 0 Å². The maximum atomic E-state index is 6.74. The van der Waals surface area contributed by atoms with Gasteiger partial charge in [-0.1, -0.05) is 72.3 Å². The van der Waals surface area contributed by atoms with E-state index in [0.717, 1.165) is 33.8 Å². The van der Waals surface area contributed by atoms with Crippen molar-refractivity contribution in [3.63, 3.8) is 0 Å². The topological polar surface area (TPSA) is 22.1 Å². The minimum Gasteiger partial charge on any atom is -0.480 e. The number of aromatic nitrogens is 1. The van der Waals surface area contributed by atoms with Crippen LogP contribution in [0.4, 0.5) is 0 Å². The molecule has 0 N–H and O–H groups in total. The van der Waals surface area contributed by atoms with Crippen LogP contribution in [0.5, 0.6) is 5.75 Å². The molecule has 7 rings (SSSR count). The Hall–Kier alpha value is -3.43. The number of fused-ring (bicyclic) bond motifs is 6. The zero-order valence-electron chi connectivity index (χ0n) is 18.5. The van der Waals surface area contributed by atoms with Crippen molar-refractivity contribution < 1.29 is 4.74 Å². The van der Waals surface area contributed by atoms with Gasteiger partial charge in [0.25, 0.3) is 0 Å². The van der Waals surface area contributed by atoms with Crippen LogP contribution in [0, 0.1) is 6.92 Å². The number of hydrogen-bond donors (Lipinski definition) is 0. The first-order valence-corrected chi connectivity index (χ1v) is 12.5. The molecule has 0 radical (unpaired) electrons. The molecule has 33 heavy (non-hydrogen) atoms. The van der Waals surface area contributed by atoms with Gasteiger partial charge in [0.1, 0.15) is 10.6 Å². The number of thiophene rings is 1. The first-order chi connectivity index (χ1) is 16.3. The normalized spacial score (nSPS) is 16.2. The summed E-state index contributed by atoms with van der Waals surface area (Å²) in [6.07, 6.45) is 3.36. The van der Waals surface area contributed by atoms with Crippen LogP contribution in [-0.2, 0) is 12.8 Å². The summed E-state index contributed by atoms with van der Waals surface area (Å²) in [6.45, 7) is 2.15. The highest BCUT2D eigenvalue weighted by Gasteiger charge is 2.34. The molecule has 0 fully saturated rings. The van der Waals surface area contributed by atoms with E-state index in [1.807, 2.05) is 17.4 Å². The summed E-state index contributed by atoms with van der Waals surface area (Å²) < 4.78 is 6.74. The highest BCUT2D eigenvalue weighted by Crippen LogP contribution is 2.52. The molecule has 0 saturated carbocycles. The number of hydrogen-bond acceptors (Lipinski definition) is 3. The van der Waals surface area contributed by atoms with Crippen molar-refractivity contribution in [3.8, 4) is 28.1 Å². The Balaban J connectivity index is 1.64. The average Bonchev–Trinajstić information content (AvgIpc) is 3.45. The maximum Gasteiger partial charge on any atom is 0.152 e. The molecule has 1 aliphatic carbocycles. The zero-order valence-corrected chi connectivity index (χ0v) is 19.3. The molecule has 160 valence electrons. The fourth-order valence-electron chi connectivity index (χ4n) is 5.44. The summed E-state index contributed by atoms with van der Waals surface area (Å²) in [4.78, 5) is 8.02. The minimum absolute atomic E-state index is 0.193. The molecule has 0 amide bonds. The number of ether oxygens (including phenoxy) is 1. The second-order valence-corrected chi connectivity index (χ2v) is 10.1. The van der Waals surface area contributed by atoms with E-state index in [2.05, 4.69) is 79.7 Å². The van der Waals surface area contributed by atoms with Crippen molar-refractivity contribution in [2.24, 2.45) is 0 Å². The summed E-state index contributed by atoms with van der Waals surface area (Å²) >= 11 is 1.89.